The zero-order chi connectivity index (χ0) is 11.1. The summed E-state index contributed by atoms with van der Waals surface area (Å²) in [5.41, 5.74) is 0.726. The predicted molar refractivity (Wildman–Crippen MR) is 58.1 cm³/mol. The number of benzene rings is 1. The molecule has 0 aliphatic rings. The van der Waals surface area contributed by atoms with Crippen LogP contribution in [0, 0.1) is 22.7 Å². The number of nitriles is 2. The first-order valence-electron chi connectivity index (χ1n) is 4.53. The molecule has 4 heteroatoms. The van der Waals surface area contributed by atoms with Crippen molar-refractivity contribution in [1.29, 1.82) is 10.5 Å². The zero-order valence-corrected chi connectivity index (χ0v) is 8.38. The molecule has 0 saturated carbocycles. The topological polar surface area (TPSA) is 63.2 Å². The fraction of sp³-hybridized carbons (Fsp3) is 0.182. The van der Waals surface area contributed by atoms with Gasteiger partial charge in [0.1, 0.15) is 12.1 Å². The van der Waals surface area contributed by atoms with E-state index in [1.807, 2.05) is 37.3 Å². The first-order valence-corrected chi connectivity index (χ1v) is 4.53. The molecule has 0 heterocycles. The summed E-state index contributed by atoms with van der Waals surface area (Å²) < 4.78 is 0. The highest BCUT2D eigenvalue weighted by Gasteiger charge is 2.03. The van der Waals surface area contributed by atoms with Crippen LogP contribution in [0.3, 0.4) is 0 Å². The molecule has 1 aromatic rings. The Balaban J connectivity index is 2.98. The first-order chi connectivity index (χ1) is 7.31. The van der Waals surface area contributed by atoms with Crippen LogP contribution in [0.2, 0.25) is 0 Å². The molecular formula is C11H10N4. The molecule has 0 atom stereocenters. The van der Waals surface area contributed by atoms with Crippen LogP contribution in [0.1, 0.15) is 6.92 Å². The molecule has 0 unspecified atom stereocenters. The summed E-state index contributed by atoms with van der Waals surface area (Å²) in [4.78, 5) is 0. The van der Waals surface area contributed by atoms with Crippen LogP contribution in [-0.2, 0) is 0 Å². The summed E-state index contributed by atoms with van der Waals surface area (Å²) in [7, 11) is 0. The van der Waals surface area contributed by atoms with Crippen LogP contribution in [0.4, 0.5) is 5.69 Å². The highest BCUT2D eigenvalue weighted by Crippen LogP contribution is 2.12. The smallest absolute Gasteiger partial charge is 0.237 e. The van der Waals surface area contributed by atoms with Crippen molar-refractivity contribution >= 4 is 11.4 Å². The number of para-hydroxylation sites is 1. The molecule has 1 aromatic carbocycles. The van der Waals surface area contributed by atoms with Gasteiger partial charge >= 0.3 is 0 Å². The number of rotatable bonds is 3. The van der Waals surface area contributed by atoms with Gasteiger partial charge < -0.3 is 0 Å². The fourth-order valence-electron chi connectivity index (χ4n) is 1.10. The van der Waals surface area contributed by atoms with Gasteiger partial charge in [-0.1, -0.05) is 18.2 Å². The Morgan fingerprint density at radius 1 is 1.27 bits per heavy atom. The zero-order valence-electron chi connectivity index (χ0n) is 8.38. The summed E-state index contributed by atoms with van der Waals surface area (Å²) in [5.74, 6) is 0. The number of hydrogen-bond donors (Lipinski definition) is 0. The monoisotopic (exact) mass is 198 g/mol. The van der Waals surface area contributed by atoms with Gasteiger partial charge in [-0.3, -0.25) is 5.01 Å². The average Bonchev–Trinajstić information content (AvgIpc) is 2.32. The minimum Gasteiger partial charge on any atom is -0.264 e. The molecule has 74 valence electrons. The minimum absolute atomic E-state index is 0.138. The molecule has 0 amide bonds. The summed E-state index contributed by atoms with van der Waals surface area (Å²) in [5, 5.41) is 22.7. The normalized spacial score (nSPS) is 8.47. The van der Waals surface area contributed by atoms with Gasteiger partial charge in [-0.05, 0) is 19.1 Å². The SMILES string of the molecule is CCN(N=C(C#N)C#N)c1ccccc1. The third-order valence-electron chi connectivity index (χ3n) is 1.79. The van der Waals surface area contributed by atoms with Crippen molar-refractivity contribution in [2.75, 3.05) is 11.6 Å². The lowest BCUT2D eigenvalue weighted by atomic mass is 10.3. The second kappa shape index (κ2) is 5.41. The molecule has 0 bridgehead atoms. The van der Waals surface area contributed by atoms with E-state index < -0.39 is 0 Å². The largest absolute Gasteiger partial charge is 0.264 e. The lowest BCUT2D eigenvalue weighted by molar-refractivity contribution is 0.895. The summed E-state index contributed by atoms with van der Waals surface area (Å²) in [6.07, 6.45) is 0. The second-order valence-electron chi connectivity index (χ2n) is 2.72. The maximum absolute atomic E-state index is 8.59. The second-order valence-corrected chi connectivity index (χ2v) is 2.72. The highest BCUT2D eigenvalue weighted by molar-refractivity contribution is 6.10. The van der Waals surface area contributed by atoms with Crippen molar-refractivity contribution in [3.05, 3.63) is 30.3 Å². The molecule has 0 aliphatic carbocycles. The standard InChI is InChI=1S/C11H10N4/c1-2-15(14-10(8-12)9-13)11-6-4-3-5-7-11/h3-7H,2H2,1H3. The van der Waals surface area contributed by atoms with Crippen molar-refractivity contribution in [2.24, 2.45) is 5.10 Å². The Labute approximate surface area is 88.7 Å². The molecule has 0 spiro atoms. The van der Waals surface area contributed by atoms with Gasteiger partial charge in [0.25, 0.3) is 0 Å². The van der Waals surface area contributed by atoms with E-state index >= 15 is 0 Å². The Bertz CT molecular complexity index is 406. The third-order valence-corrected chi connectivity index (χ3v) is 1.79. The number of hydrogen-bond acceptors (Lipinski definition) is 4. The van der Waals surface area contributed by atoms with Gasteiger partial charge in [-0.25, -0.2) is 0 Å². The molecule has 15 heavy (non-hydrogen) atoms. The number of nitrogens with zero attached hydrogens (tertiary/aromatic N) is 4. The van der Waals surface area contributed by atoms with E-state index in [1.54, 1.807) is 17.1 Å². The van der Waals surface area contributed by atoms with Crippen LogP contribution in [0.15, 0.2) is 35.4 Å². The quantitative estimate of drug-likeness (QED) is 0.550. The molecule has 0 N–H and O–H groups in total. The van der Waals surface area contributed by atoms with Crippen LogP contribution in [0.5, 0.6) is 0 Å². The molecule has 0 aliphatic heterocycles. The maximum Gasteiger partial charge on any atom is 0.237 e. The van der Waals surface area contributed by atoms with E-state index in [2.05, 4.69) is 5.10 Å². The molecule has 0 radical (unpaired) electrons. The van der Waals surface area contributed by atoms with Gasteiger partial charge in [0.2, 0.25) is 5.71 Å². The van der Waals surface area contributed by atoms with Crippen molar-refractivity contribution in [3.63, 3.8) is 0 Å². The van der Waals surface area contributed by atoms with Gasteiger partial charge in [-0.2, -0.15) is 10.5 Å². The van der Waals surface area contributed by atoms with Crippen molar-refractivity contribution < 1.29 is 0 Å². The fourth-order valence-corrected chi connectivity index (χ4v) is 1.10. The van der Waals surface area contributed by atoms with Crippen LogP contribution >= 0.6 is 0 Å². The molecule has 1 rings (SSSR count). The van der Waals surface area contributed by atoms with Crippen LogP contribution in [-0.4, -0.2) is 12.3 Å². The average molecular weight is 198 g/mol. The van der Waals surface area contributed by atoms with E-state index in [-0.39, 0.29) is 5.71 Å². The maximum atomic E-state index is 8.59. The first kappa shape index (κ1) is 10.7. The van der Waals surface area contributed by atoms with Gasteiger partial charge in [0.15, 0.2) is 0 Å². The van der Waals surface area contributed by atoms with Crippen molar-refractivity contribution in [1.82, 2.24) is 0 Å². The van der Waals surface area contributed by atoms with Crippen molar-refractivity contribution in [3.8, 4) is 12.1 Å². The Kier molecular flexibility index (Phi) is 3.88. The van der Waals surface area contributed by atoms with E-state index in [4.69, 9.17) is 10.5 Å². The van der Waals surface area contributed by atoms with Crippen LogP contribution in [0.25, 0.3) is 0 Å². The predicted octanol–water partition coefficient (Wildman–Crippen LogP) is 1.92. The van der Waals surface area contributed by atoms with Gasteiger partial charge in [0, 0.05) is 6.54 Å². The number of anilines is 1. The Morgan fingerprint density at radius 3 is 2.33 bits per heavy atom. The minimum atomic E-state index is -0.138. The van der Waals surface area contributed by atoms with E-state index in [1.165, 1.54) is 0 Å². The lowest BCUT2D eigenvalue weighted by Gasteiger charge is -2.15. The summed E-state index contributed by atoms with van der Waals surface area (Å²) in [6.45, 7) is 2.51. The molecular weight excluding hydrogens is 188 g/mol. The third kappa shape index (κ3) is 2.82. The van der Waals surface area contributed by atoms with Gasteiger partial charge in [0.05, 0.1) is 5.69 Å². The van der Waals surface area contributed by atoms with Crippen molar-refractivity contribution in [2.45, 2.75) is 6.92 Å². The lowest BCUT2D eigenvalue weighted by Crippen LogP contribution is -2.17. The Hall–Kier alpha value is -2.33. The molecule has 0 saturated heterocycles. The van der Waals surface area contributed by atoms with Gasteiger partial charge in [-0.15, -0.1) is 5.10 Å². The number of hydrazone groups is 1. The highest BCUT2D eigenvalue weighted by atomic mass is 15.4. The summed E-state index contributed by atoms with van der Waals surface area (Å²) in [6, 6.07) is 12.9. The molecule has 4 nitrogen and oxygen atoms in total. The van der Waals surface area contributed by atoms with E-state index in [0.29, 0.717) is 6.54 Å². The van der Waals surface area contributed by atoms with E-state index in [0.717, 1.165) is 5.69 Å². The summed E-state index contributed by atoms with van der Waals surface area (Å²) >= 11 is 0. The van der Waals surface area contributed by atoms with Crippen LogP contribution < -0.4 is 5.01 Å². The molecule has 0 fully saturated rings. The van der Waals surface area contributed by atoms with E-state index in [9.17, 15) is 0 Å². The molecule has 0 aromatic heterocycles. The Morgan fingerprint density at radius 2 is 1.87 bits per heavy atom.